The molecule has 234 valence electrons. The lowest BCUT2D eigenvalue weighted by molar-refractivity contribution is -0.495. The molecule has 2 atom stereocenters. The van der Waals surface area contributed by atoms with Crippen molar-refractivity contribution in [1.82, 2.24) is 14.5 Å². The topological polar surface area (TPSA) is 122 Å². The molecular formula is C30H36F2N7O4S+. The number of sulfonamides is 1. The van der Waals surface area contributed by atoms with Crippen LogP contribution in [0.2, 0.25) is 0 Å². The molecule has 6 rings (SSSR count). The van der Waals surface area contributed by atoms with Crippen LogP contribution in [-0.4, -0.2) is 72.3 Å². The van der Waals surface area contributed by atoms with Crippen LogP contribution in [0.4, 0.5) is 25.8 Å². The molecule has 4 heterocycles. The third-order valence-electron chi connectivity index (χ3n) is 8.29. The lowest BCUT2D eigenvalue weighted by atomic mass is 9.99. The summed E-state index contributed by atoms with van der Waals surface area (Å²) >= 11 is 0. The number of hydrogen-bond donors (Lipinski definition) is 1. The number of carbonyl (C=O) groups is 1. The van der Waals surface area contributed by atoms with E-state index >= 15 is 0 Å². The Morgan fingerprint density at radius 3 is 2.57 bits per heavy atom. The highest BCUT2D eigenvalue weighted by molar-refractivity contribution is 7.92. The Balaban J connectivity index is 1.50. The van der Waals surface area contributed by atoms with Gasteiger partial charge < -0.3 is 10.1 Å². The van der Waals surface area contributed by atoms with Crippen molar-refractivity contribution in [2.45, 2.75) is 58.1 Å². The van der Waals surface area contributed by atoms with Crippen LogP contribution in [0, 0.1) is 11.8 Å². The van der Waals surface area contributed by atoms with E-state index in [9.17, 15) is 22.0 Å². The first-order valence-electron chi connectivity index (χ1n) is 14.8. The standard InChI is InChI=1S/C30H36F2N7O4S/c1-17-16-37(2)36-26(17)19-10-11-21(23(13-19)38(3)44(4,41)42)34-22-14-20(15-24(40)18-8-9-18)33-29-27(22)35-30(28(31)32)39(29)25-7-5-6-12-43-25/h10-11,13-14,16-18,25,28H,5-9,12,15H2,1-4H3,(H,33,34)/q+1. The molecule has 0 spiro atoms. The number of anilines is 3. The van der Waals surface area contributed by atoms with Crippen molar-refractivity contribution in [2.24, 2.45) is 16.9 Å². The number of aromatic nitrogens is 3. The van der Waals surface area contributed by atoms with E-state index in [1.165, 1.54) is 11.6 Å². The minimum atomic E-state index is -3.69. The number of alkyl halides is 2. The number of hydrazone groups is 1. The smallest absolute Gasteiger partial charge is 0.295 e. The predicted molar refractivity (Wildman–Crippen MR) is 164 cm³/mol. The number of pyridine rings is 1. The van der Waals surface area contributed by atoms with Gasteiger partial charge >= 0.3 is 0 Å². The predicted octanol–water partition coefficient (Wildman–Crippen LogP) is 4.80. The summed E-state index contributed by atoms with van der Waals surface area (Å²) in [6.45, 7) is 2.43. The minimum absolute atomic E-state index is 0.00754. The van der Waals surface area contributed by atoms with Crippen molar-refractivity contribution in [3.63, 3.8) is 0 Å². The van der Waals surface area contributed by atoms with Crippen LogP contribution in [0.3, 0.4) is 0 Å². The van der Waals surface area contributed by atoms with Crippen LogP contribution in [0.15, 0.2) is 29.4 Å². The van der Waals surface area contributed by atoms with Crippen LogP contribution in [0.25, 0.3) is 11.2 Å². The molecule has 0 bridgehead atoms. The Morgan fingerprint density at radius 2 is 1.95 bits per heavy atom. The number of ketones is 1. The fourth-order valence-electron chi connectivity index (χ4n) is 5.80. The van der Waals surface area contributed by atoms with Crippen molar-refractivity contribution in [3.8, 4) is 0 Å². The van der Waals surface area contributed by atoms with Gasteiger partial charge in [0.25, 0.3) is 6.43 Å². The summed E-state index contributed by atoms with van der Waals surface area (Å²) in [6, 6.07) is 6.94. The number of imidazole rings is 1. The van der Waals surface area contributed by atoms with Crippen molar-refractivity contribution < 1.29 is 31.4 Å². The fraction of sp³-hybridized carbons (Fsp3) is 0.500. The summed E-state index contributed by atoms with van der Waals surface area (Å²) in [7, 11) is -0.414. The number of fused-ring (bicyclic) bond motifs is 1. The molecule has 1 aromatic carbocycles. The van der Waals surface area contributed by atoms with E-state index in [2.05, 4.69) is 20.4 Å². The van der Waals surface area contributed by atoms with E-state index in [-0.39, 0.29) is 35.2 Å². The highest BCUT2D eigenvalue weighted by Crippen LogP contribution is 2.39. The Hall–Kier alpha value is -3.78. The fourth-order valence-corrected chi connectivity index (χ4v) is 6.31. The highest BCUT2D eigenvalue weighted by atomic mass is 32.2. The van der Waals surface area contributed by atoms with Gasteiger partial charge in [0.05, 0.1) is 34.9 Å². The lowest BCUT2D eigenvalue weighted by Gasteiger charge is -2.25. The first kappa shape index (κ1) is 30.3. The molecule has 11 nitrogen and oxygen atoms in total. The quantitative estimate of drug-likeness (QED) is 0.320. The zero-order valence-electron chi connectivity index (χ0n) is 25.1. The van der Waals surface area contributed by atoms with Gasteiger partial charge in [0.2, 0.25) is 10.0 Å². The van der Waals surface area contributed by atoms with E-state index in [0.717, 1.165) is 47.5 Å². The van der Waals surface area contributed by atoms with E-state index < -0.39 is 28.5 Å². The molecule has 44 heavy (non-hydrogen) atoms. The normalized spacial score (nSPS) is 20.6. The second-order valence-corrected chi connectivity index (χ2v) is 13.8. The molecule has 1 aliphatic carbocycles. The maximum atomic E-state index is 14.4. The molecule has 2 aromatic heterocycles. The maximum Gasteiger partial charge on any atom is 0.295 e. The van der Waals surface area contributed by atoms with Crippen LogP contribution in [-0.2, 0) is 26.0 Å². The number of halogens is 2. The third kappa shape index (κ3) is 5.96. The number of rotatable bonds is 10. The molecule has 2 unspecified atom stereocenters. The minimum Gasteiger partial charge on any atom is -0.358 e. The van der Waals surface area contributed by atoms with Gasteiger partial charge in [0, 0.05) is 31.6 Å². The maximum absolute atomic E-state index is 14.4. The number of Topliss-reactive ketones (excluding diaryl/α,β-unsaturated/α-hetero) is 1. The van der Waals surface area contributed by atoms with Gasteiger partial charge in [-0.05, 0) is 62.3 Å². The van der Waals surface area contributed by atoms with Crippen molar-refractivity contribution in [2.75, 3.05) is 36.6 Å². The lowest BCUT2D eigenvalue weighted by Crippen LogP contribution is -2.26. The van der Waals surface area contributed by atoms with Crippen molar-refractivity contribution in [1.29, 1.82) is 0 Å². The Kier molecular flexibility index (Phi) is 7.99. The van der Waals surface area contributed by atoms with Gasteiger partial charge in [-0.3, -0.25) is 13.7 Å². The van der Waals surface area contributed by atoms with Crippen LogP contribution in [0.1, 0.15) is 68.8 Å². The van der Waals surface area contributed by atoms with Gasteiger partial charge in [0.15, 0.2) is 24.7 Å². The van der Waals surface area contributed by atoms with Gasteiger partial charge in [-0.15, -0.1) is 0 Å². The first-order chi connectivity index (χ1) is 20.9. The third-order valence-corrected chi connectivity index (χ3v) is 9.48. The number of hydrogen-bond acceptors (Lipinski definition) is 8. The molecule has 14 heteroatoms. The summed E-state index contributed by atoms with van der Waals surface area (Å²) in [5, 5.41) is 7.83. The molecule has 0 amide bonds. The van der Waals surface area contributed by atoms with E-state index in [1.807, 2.05) is 26.3 Å². The summed E-state index contributed by atoms with van der Waals surface area (Å²) in [4.78, 5) is 21.8. The Labute approximate surface area is 254 Å². The van der Waals surface area contributed by atoms with Gasteiger partial charge in [0.1, 0.15) is 23.2 Å². The molecule has 1 N–H and O–H groups in total. The summed E-state index contributed by atoms with van der Waals surface area (Å²) in [5.74, 6) is -0.412. The average Bonchev–Trinajstić information content (AvgIpc) is 3.67. The molecule has 3 aliphatic rings. The van der Waals surface area contributed by atoms with E-state index in [1.54, 1.807) is 22.9 Å². The molecule has 2 aliphatic heterocycles. The van der Waals surface area contributed by atoms with Gasteiger partial charge in [-0.1, -0.05) is 10.8 Å². The summed E-state index contributed by atoms with van der Waals surface area (Å²) in [6.07, 6.45) is 3.38. The molecule has 0 radical (unpaired) electrons. The zero-order valence-corrected chi connectivity index (χ0v) is 25.9. The Bertz CT molecular complexity index is 1790. The number of carbonyl (C=O) groups excluding carboxylic acids is 1. The molecular weight excluding hydrogens is 592 g/mol. The van der Waals surface area contributed by atoms with Gasteiger partial charge in [-0.25, -0.2) is 27.2 Å². The molecule has 1 saturated carbocycles. The first-order valence-corrected chi connectivity index (χ1v) is 16.6. The van der Waals surface area contributed by atoms with Crippen molar-refractivity contribution >= 4 is 56.0 Å². The molecule has 3 aromatic rings. The van der Waals surface area contributed by atoms with Crippen molar-refractivity contribution in [3.05, 3.63) is 41.3 Å². The second kappa shape index (κ2) is 11.6. The number of nitrogens with zero attached hydrogens (tertiary/aromatic N) is 6. The second-order valence-electron chi connectivity index (χ2n) is 11.8. The summed E-state index contributed by atoms with van der Waals surface area (Å²) in [5.41, 5.74) is 3.37. The van der Waals surface area contributed by atoms with Gasteiger partial charge in [-0.2, -0.15) is 0 Å². The SMILES string of the molecule is CC1C=[N+](C)N=C1c1ccc(Nc2cc(CC(=O)C3CC3)nc3c2nc(C(F)F)n3C2CCCCO2)c(N(C)S(C)(=O)=O)c1. The van der Waals surface area contributed by atoms with Crippen LogP contribution >= 0.6 is 0 Å². The van der Waals surface area contributed by atoms with Crippen LogP contribution in [0.5, 0.6) is 0 Å². The summed E-state index contributed by atoms with van der Waals surface area (Å²) < 4.78 is 64.4. The van der Waals surface area contributed by atoms with E-state index in [4.69, 9.17) is 4.74 Å². The monoisotopic (exact) mass is 628 g/mol. The number of ether oxygens (including phenoxy) is 1. The molecule has 2 fully saturated rings. The zero-order chi connectivity index (χ0) is 31.3. The molecule has 1 saturated heterocycles. The Morgan fingerprint density at radius 1 is 1.18 bits per heavy atom. The van der Waals surface area contributed by atoms with Crippen LogP contribution < -0.4 is 9.62 Å². The number of nitrogens with one attached hydrogen (secondary N) is 1. The van der Waals surface area contributed by atoms with E-state index in [0.29, 0.717) is 35.8 Å². The highest BCUT2D eigenvalue weighted by Gasteiger charge is 2.32. The largest absolute Gasteiger partial charge is 0.358 e. The average molecular weight is 629 g/mol. The number of benzene rings is 1.